The van der Waals surface area contributed by atoms with Crippen molar-refractivity contribution in [2.45, 2.75) is 25.9 Å². The number of ether oxygens (including phenoxy) is 2. The molecule has 108 valence electrons. The minimum atomic E-state index is 0.0317. The molecule has 1 saturated heterocycles. The van der Waals surface area contributed by atoms with E-state index in [0.29, 0.717) is 29.1 Å². The second-order valence-corrected chi connectivity index (χ2v) is 6.23. The van der Waals surface area contributed by atoms with Crippen LogP contribution in [0.4, 0.5) is 0 Å². The van der Waals surface area contributed by atoms with Crippen molar-refractivity contribution in [3.8, 4) is 11.5 Å². The molecular weight excluding hydrogens is 324 g/mol. The van der Waals surface area contributed by atoms with Crippen LogP contribution in [-0.4, -0.2) is 42.8 Å². The summed E-state index contributed by atoms with van der Waals surface area (Å²) in [6.45, 7) is 5.81. The Kier molecular flexibility index (Phi) is 3.60. The third kappa shape index (κ3) is 2.50. The lowest BCUT2D eigenvalue weighted by Crippen LogP contribution is -2.55. The van der Waals surface area contributed by atoms with Crippen molar-refractivity contribution in [1.82, 2.24) is 10.2 Å². The Morgan fingerprint density at radius 1 is 1.30 bits per heavy atom. The normalized spacial score (nSPS) is 24.9. The van der Waals surface area contributed by atoms with E-state index in [0.717, 1.165) is 17.6 Å². The number of fused-ring (bicyclic) bond motifs is 1. The van der Waals surface area contributed by atoms with Gasteiger partial charge in [-0.1, -0.05) is 0 Å². The van der Waals surface area contributed by atoms with Crippen molar-refractivity contribution in [3.63, 3.8) is 0 Å². The van der Waals surface area contributed by atoms with E-state index in [1.54, 1.807) is 12.1 Å². The molecule has 0 spiro atoms. The number of amides is 1. The fourth-order valence-corrected chi connectivity index (χ4v) is 3.32. The molecule has 1 aromatic rings. The number of nitrogens with one attached hydrogen (secondary N) is 1. The Labute approximate surface area is 126 Å². The topological polar surface area (TPSA) is 50.8 Å². The van der Waals surface area contributed by atoms with E-state index in [9.17, 15) is 4.79 Å². The van der Waals surface area contributed by atoms with Crippen molar-refractivity contribution in [2.75, 3.05) is 19.9 Å². The Hall–Kier alpha value is -1.27. The molecule has 2 aliphatic heterocycles. The van der Waals surface area contributed by atoms with Crippen molar-refractivity contribution in [2.24, 2.45) is 0 Å². The number of benzene rings is 1. The summed E-state index contributed by atoms with van der Waals surface area (Å²) in [7, 11) is 0. The summed E-state index contributed by atoms with van der Waals surface area (Å²) >= 11 is 3.43. The summed E-state index contributed by atoms with van der Waals surface area (Å²) < 4.78 is 11.5. The van der Waals surface area contributed by atoms with Gasteiger partial charge in [-0.15, -0.1) is 0 Å². The zero-order valence-electron chi connectivity index (χ0n) is 11.5. The molecule has 1 aromatic carbocycles. The van der Waals surface area contributed by atoms with E-state index in [1.807, 2.05) is 4.90 Å². The molecule has 0 aliphatic carbocycles. The Morgan fingerprint density at radius 3 is 2.70 bits per heavy atom. The molecule has 2 aliphatic rings. The maximum Gasteiger partial charge on any atom is 0.254 e. The SMILES string of the molecule is C[C@H]1CN(C(=O)c2cc(Br)c3c(c2)OCO3)C[C@H](C)N1. The minimum Gasteiger partial charge on any atom is -0.454 e. The summed E-state index contributed by atoms with van der Waals surface area (Å²) in [5, 5.41) is 3.42. The first-order valence-corrected chi connectivity index (χ1v) is 7.48. The van der Waals surface area contributed by atoms with E-state index in [4.69, 9.17) is 9.47 Å². The van der Waals surface area contributed by atoms with Crippen LogP contribution in [0, 0.1) is 0 Å². The molecule has 5 nitrogen and oxygen atoms in total. The van der Waals surface area contributed by atoms with Crippen molar-refractivity contribution < 1.29 is 14.3 Å². The standard InChI is InChI=1S/C14H17BrN2O3/c1-8-5-17(6-9(2)16-8)14(18)10-3-11(15)13-12(4-10)19-7-20-13/h3-4,8-9,16H,5-7H2,1-2H3/t8-,9-/m0/s1. The van der Waals surface area contributed by atoms with Crippen LogP contribution >= 0.6 is 15.9 Å². The zero-order chi connectivity index (χ0) is 14.3. The Morgan fingerprint density at radius 2 is 2.00 bits per heavy atom. The fourth-order valence-electron chi connectivity index (χ4n) is 2.77. The molecule has 2 atom stereocenters. The molecule has 0 aromatic heterocycles. The van der Waals surface area contributed by atoms with Crippen molar-refractivity contribution in [3.05, 3.63) is 22.2 Å². The van der Waals surface area contributed by atoms with Gasteiger partial charge in [0.1, 0.15) is 0 Å². The number of hydrogen-bond acceptors (Lipinski definition) is 4. The molecule has 1 amide bonds. The number of carbonyl (C=O) groups is 1. The third-order valence-electron chi connectivity index (χ3n) is 3.52. The first-order valence-electron chi connectivity index (χ1n) is 6.69. The molecule has 0 radical (unpaired) electrons. The molecule has 1 N–H and O–H groups in total. The summed E-state index contributed by atoms with van der Waals surface area (Å²) in [6.07, 6.45) is 0. The van der Waals surface area contributed by atoms with Gasteiger partial charge in [-0.3, -0.25) is 4.79 Å². The average molecular weight is 341 g/mol. The highest BCUT2D eigenvalue weighted by Crippen LogP contribution is 2.40. The second kappa shape index (κ2) is 5.26. The molecule has 0 unspecified atom stereocenters. The van der Waals surface area contributed by atoms with Gasteiger partial charge in [-0.25, -0.2) is 0 Å². The summed E-state index contributed by atoms with van der Waals surface area (Å²) in [5.41, 5.74) is 0.627. The zero-order valence-corrected chi connectivity index (χ0v) is 13.1. The molecule has 3 rings (SSSR count). The minimum absolute atomic E-state index is 0.0317. The molecule has 0 saturated carbocycles. The van der Waals surface area contributed by atoms with Gasteiger partial charge in [0, 0.05) is 30.7 Å². The van der Waals surface area contributed by atoms with E-state index in [-0.39, 0.29) is 12.7 Å². The quantitative estimate of drug-likeness (QED) is 0.849. The average Bonchev–Trinajstić information content (AvgIpc) is 2.85. The van der Waals surface area contributed by atoms with Gasteiger partial charge >= 0.3 is 0 Å². The molecule has 20 heavy (non-hydrogen) atoms. The summed E-state index contributed by atoms with van der Waals surface area (Å²) in [5.74, 6) is 1.33. The van der Waals surface area contributed by atoms with Crippen LogP contribution in [0.25, 0.3) is 0 Å². The van der Waals surface area contributed by atoms with Crippen LogP contribution in [0.2, 0.25) is 0 Å². The molecule has 6 heteroatoms. The largest absolute Gasteiger partial charge is 0.454 e. The highest BCUT2D eigenvalue weighted by atomic mass is 79.9. The van der Waals surface area contributed by atoms with Crippen LogP contribution in [0.1, 0.15) is 24.2 Å². The van der Waals surface area contributed by atoms with Crippen LogP contribution < -0.4 is 14.8 Å². The first-order chi connectivity index (χ1) is 9.54. The van der Waals surface area contributed by atoms with Crippen LogP contribution in [-0.2, 0) is 0 Å². The van der Waals surface area contributed by atoms with Crippen molar-refractivity contribution >= 4 is 21.8 Å². The third-order valence-corrected chi connectivity index (χ3v) is 4.11. The van der Waals surface area contributed by atoms with Crippen LogP contribution in [0.5, 0.6) is 11.5 Å². The lowest BCUT2D eigenvalue weighted by atomic mass is 10.1. The van der Waals surface area contributed by atoms with Gasteiger partial charge in [0.25, 0.3) is 5.91 Å². The van der Waals surface area contributed by atoms with Crippen LogP contribution in [0.15, 0.2) is 16.6 Å². The van der Waals surface area contributed by atoms with E-state index in [2.05, 4.69) is 35.1 Å². The highest BCUT2D eigenvalue weighted by molar-refractivity contribution is 9.10. The Balaban J connectivity index is 1.85. The molecule has 2 heterocycles. The summed E-state index contributed by atoms with van der Waals surface area (Å²) in [6, 6.07) is 4.17. The predicted octanol–water partition coefficient (Wildman–Crippen LogP) is 2.00. The molecule has 1 fully saturated rings. The van der Waals surface area contributed by atoms with Gasteiger partial charge in [0.05, 0.1) is 4.47 Å². The predicted molar refractivity (Wildman–Crippen MR) is 78.2 cm³/mol. The van der Waals surface area contributed by atoms with Crippen molar-refractivity contribution in [1.29, 1.82) is 0 Å². The van der Waals surface area contributed by atoms with E-state index in [1.165, 1.54) is 0 Å². The fraction of sp³-hybridized carbons (Fsp3) is 0.500. The van der Waals surface area contributed by atoms with Gasteiger partial charge in [-0.05, 0) is 41.9 Å². The van der Waals surface area contributed by atoms with E-state index < -0.39 is 0 Å². The monoisotopic (exact) mass is 340 g/mol. The maximum absolute atomic E-state index is 12.6. The Bertz CT molecular complexity index is 539. The van der Waals surface area contributed by atoms with Gasteiger partial charge in [0.2, 0.25) is 6.79 Å². The number of nitrogens with zero attached hydrogens (tertiary/aromatic N) is 1. The van der Waals surface area contributed by atoms with Gasteiger partial charge < -0.3 is 19.7 Å². The summed E-state index contributed by atoms with van der Waals surface area (Å²) in [4.78, 5) is 14.5. The number of rotatable bonds is 1. The number of halogens is 1. The maximum atomic E-state index is 12.6. The number of carbonyl (C=O) groups excluding carboxylic acids is 1. The number of hydrogen-bond donors (Lipinski definition) is 1. The van der Waals surface area contributed by atoms with Crippen LogP contribution in [0.3, 0.4) is 0 Å². The lowest BCUT2D eigenvalue weighted by Gasteiger charge is -2.36. The van der Waals surface area contributed by atoms with Gasteiger partial charge in [-0.2, -0.15) is 0 Å². The molecular formula is C14H17BrN2O3. The molecule has 0 bridgehead atoms. The number of piperazine rings is 1. The lowest BCUT2D eigenvalue weighted by molar-refractivity contribution is 0.0673. The van der Waals surface area contributed by atoms with Gasteiger partial charge in [0.15, 0.2) is 11.5 Å². The smallest absolute Gasteiger partial charge is 0.254 e. The second-order valence-electron chi connectivity index (χ2n) is 5.37. The van der Waals surface area contributed by atoms with E-state index >= 15 is 0 Å². The highest BCUT2D eigenvalue weighted by Gasteiger charge is 2.27. The first kappa shape index (κ1) is 13.7.